The summed E-state index contributed by atoms with van der Waals surface area (Å²) in [6.07, 6.45) is 4.53. The van der Waals surface area contributed by atoms with Crippen LogP contribution in [0.3, 0.4) is 0 Å². The first-order chi connectivity index (χ1) is 10.1. The van der Waals surface area contributed by atoms with Gasteiger partial charge in [0.25, 0.3) is 0 Å². The lowest BCUT2D eigenvalue weighted by atomic mass is 9.95. The molecule has 2 aliphatic heterocycles. The molecule has 0 radical (unpaired) electrons. The zero-order chi connectivity index (χ0) is 14.8. The zero-order valence-corrected chi connectivity index (χ0v) is 14.9. The van der Waals surface area contributed by atoms with Crippen molar-refractivity contribution in [1.82, 2.24) is 5.06 Å². The van der Waals surface area contributed by atoms with E-state index >= 15 is 0 Å². The van der Waals surface area contributed by atoms with Gasteiger partial charge in [-0.1, -0.05) is 23.8 Å². The number of rotatable bonds is 2. The Morgan fingerprint density at radius 2 is 2.05 bits per heavy atom. The number of benzene rings is 1. The van der Waals surface area contributed by atoms with Gasteiger partial charge in [0.05, 0.1) is 0 Å². The lowest BCUT2D eigenvalue weighted by molar-refractivity contribution is -0.102. The van der Waals surface area contributed by atoms with Gasteiger partial charge in [0.2, 0.25) is 0 Å². The zero-order valence-electron chi connectivity index (χ0n) is 12.5. The van der Waals surface area contributed by atoms with Crippen molar-refractivity contribution < 1.29 is 4.84 Å². The highest BCUT2D eigenvalue weighted by Gasteiger charge is 2.22. The normalized spacial score (nSPS) is 22.4. The molecule has 1 fully saturated rings. The molecule has 112 valence electrons. The van der Waals surface area contributed by atoms with Crippen LogP contribution in [0.4, 0.5) is 0 Å². The average molecular weight is 338 g/mol. The number of nitrogens with zero attached hydrogens (tertiary/aromatic N) is 1. The van der Waals surface area contributed by atoms with Crippen molar-refractivity contribution in [3.8, 4) is 0 Å². The van der Waals surface area contributed by atoms with Crippen LogP contribution in [0.15, 0.2) is 28.6 Å². The first kappa shape index (κ1) is 15.4. The predicted octanol–water partition coefficient (Wildman–Crippen LogP) is 5.03. The van der Waals surface area contributed by atoms with Crippen LogP contribution in [0.5, 0.6) is 0 Å². The Kier molecular flexibility index (Phi) is 4.94. The molecule has 3 rings (SSSR count). The van der Waals surface area contributed by atoms with Crippen molar-refractivity contribution in [1.29, 1.82) is 0 Å². The van der Waals surface area contributed by atoms with Gasteiger partial charge < -0.3 is 0 Å². The predicted molar refractivity (Wildman–Crippen MR) is 98.0 cm³/mol. The Morgan fingerprint density at radius 3 is 2.71 bits per heavy atom. The van der Waals surface area contributed by atoms with Crippen molar-refractivity contribution in [3.05, 3.63) is 45.3 Å². The van der Waals surface area contributed by atoms with E-state index in [0.717, 1.165) is 10.2 Å². The molecular formula is C16H19NOS3. The molecule has 1 saturated heterocycles. The molecule has 1 aromatic rings. The smallest absolute Gasteiger partial charge is 0.110 e. The van der Waals surface area contributed by atoms with Crippen molar-refractivity contribution in [2.45, 2.75) is 20.0 Å². The van der Waals surface area contributed by atoms with E-state index in [-0.39, 0.29) is 6.10 Å². The van der Waals surface area contributed by atoms with Crippen LogP contribution >= 0.6 is 35.3 Å². The molecule has 0 saturated carbocycles. The minimum atomic E-state index is 0.108. The van der Waals surface area contributed by atoms with Crippen molar-refractivity contribution in [2.24, 2.45) is 0 Å². The van der Waals surface area contributed by atoms with Crippen LogP contribution in [-0.4, -0.2) is 28.4 Å². The lowest BCUT2D eigenvalue weighted by Gasteiger charge is -2.15. The van der Waals surface area contributed by atoms with E-state index in [0.29, 0.717) is 0 Å². The third-order valence-electron chi connectivity index (χ3n) is 3.45. The maximum atomic E-state index is 5.72. The maximum Gasteiger partial charge on any atom is 0.110 e. The number of hydrogen-bond donors (Lipinski definition) is 0. The van der Waals surface area contributed by atoms with Gasteiger partial charge >= 0.3 is 0 Å². The van der Waals surface area contributed by atoms with E-state index in [2.05, 4.69) is 44.3 Å². The second-order valence-corrected chi connectivity index (χ2v) is 9.17. The largest absolute Gasteiger partial charge is 0.266 e. The van der Waals surface area contributed by atoms with E-state index in [4.69, 9.17) is 4.84 Å². The quantitative estimate of drug-likeness (QED) is 0.748. The summed E-state index contributed by atoms with van der Waals surface area (Å²) in [6, 6.07) is 6.68. The van der Waals surface area contributed by atoms with Crippen LogP contribution in [0.25, 0.3) is 11.6 Å². The second-order valence-electron chi connectivity index (χ2n) is 5.16. The van der Waals surface area contributed by atoms with Crippen LogP contribution < -0.4 is 0 Å². The van der Waals surface area contributed by atoms with Gasteiger partial charge in [-0.15, -0.1) is 35.3 Å². The Labute approximate surface area is 139 Å². The van der Waals surface area contributed by atoms with Gasteiger partial charge in [0.15, 0.2) is 0 Å². The van der Waals surface area contributed by atoms with E-state index < -0.39 is 0 Å². The van der Waals surface area contributed by atoms with E-state index in [1.807, 2.05) is 42.3 Å². The summed E-state index contributed by atoms with van der Waals surface area (Å²) in [5.41, 5.74) is 5.13. The van der Waals surface area contributed by atoms with Gasteiger partial charge in [-0.3, -0.25) is 9.90 Å². The van der Waals surface area contributed by atoms with Crippen LogP contribution in [0.2, 0.25) is 0 Å². The summed E-state index contributed by atoms with van der Waals surface area (Å²) >= 11 is 5.87. The minimum Gasteiger partial charge on any atom is -0.266 e. The average Bonchev–Trinajstić information content (AvgIpc) is 2.81. The Hall–Kier alpha value is -0.490. The van der Waals surface area contributed by atoms with E-state index in [1.54, 1.807) is 5.06 Å². The fourth-order valence-electron chi connectivity index (χ4n) is 2.46. The van der Waals surface area contributed by atoms with Crippen molar-refractivity contribution in [3.63, 3.8) is 0 Å². The fraction of sp³-hybridized carbons (Fsp3) is 0.375. The summed E-state index contributed by atoms with van der Waals surface area (Å²) in [5, 5.41) is 4.12. The Morgan fingerprint density at radius 1 is 1.29 bits per heavy atom. The van der Waals surface area contributed by atoms with Crippen LogP contribution in [-0.2, 0) is 4.84 Å². The summed E-state index contributed by atoms with van der Waals surface area (Å²) in [7, 11) is 1.95. The molecule has 21 heavy (non-hydrogen) atoms. The summed E-state index contributed by atoms with van der Waals surface area (Å²) in [6.45, 7) is 4.25. The van der Waals surface area contributed by atoms with Crippen molar-refractivity contribution in [2.75, 3.05) is 17.2 Å². The Bertz CT molecular complexity index is 589. The number of hydrogen-bond acceptors (Lipinski definition) is 5. The van der Waals surface area contributed by atoms with Crippen LogP contribution in [0, 0.1) is 6.92 Å². The molecule has 2 nitrogen and oxygen atoms in total. The molecular weight excluding hydrogens is 318 g/mol. The first-order valence-corrected chi connectivity index (χ1v) is 10.0. The van der Waals surface area contributed by atoms with Crippen molar-refractivity contribution >= 4 is 46.9 Å². The SMILES string of the molecule is Cc1ccc(C=C2SCSCS2)c(C2=CN(C)OC2C)c1. The molecule has 1 atom stereocenters. The summed E-state index contributed by atoms with van der Waals surface area (Å²) in [5.74, 6) is 0. The monoisotopic (exact) mass is 337 g/mol. The Balaban J connectivity index is 1.99. The fourth-order valence-corrected chi connectivity index (χ4v) is 6.56. The highest BCUT2D eigenvalue weighted by Crippen LogP contribution is 2.41. The summed E-state index contributed by atoms with van der Waals surface area (Å²) in [4.78, 5) is 5.72. The lowest BCUT2D eigenvalue weighted by Crippen LogP contribution is -2.11. The molecule has 0 aliphatic carbocycles. The maximum absolute atomic E-state index is 5.72. The molecule has 0 spiro atoms. The highest BCUT2D eigenvalue weighted by molar-refractivity contribution is 8.36. The molecule has 0 bridgehead atoms. The topological polar surface area (TPSA) is 12.5 Å². The van der Waals surface area contributed by atoms with E-state index in [9.17, 15) is 0 Å². The molecule has 2 heterocycles. The summed E-state index contributed by atoms with van der Waals surface area (Å²) < 4.78 is 1.42. The molecule has 1 unspecified atom stereocenters. The third kappa shape index (κ3) is 3.65. The molecule has 1 aromatic carbocycles. The first-order valence-electron chi connectivity index (χ1n) is 6.91. The third-order valence-corrected chi connectivity index (χ3v) is 7.23. The van der Waals surface area contributed by atoms with Gasteiger partial charge in [0, 0.05) is 33.2 Å². The standard InChI is InChI=1S/C16H19NOS3/c1-11-4-5-13(7-16-20-9-19-10-21-16)14(6-11)15-8-17(3)18-12(15)2/h4-8,12H,9-10H2,1-3H3. The minimum absolute atomic E-state index is 0.108. The van der Waals surface area contributed by atoms with Gasteiger partial charge in [-0.05, 0) is 31.1 Å². The second kappa shape index (κ2) is 6.73. The van der Waals surface area contributed by atoms with Gasteiger partial charge in [-0.25, -0.2) is 0 Å². The number of aryl methyl sites for hydroxylation is 1. The van der Waals surface area contributed by atoms with Crippen LogP contribution in [0.1, 0.15) is 23.6 Å². The molecule has 0 N–H and O–H groups in total. The molecule has 2 aliphatic rings. The molecule has 5 heteroatoms. The molecule has 0 aromatic heterocycles. The van der Waals surface area contributed by atoms with E-state index in [1.165, 1.54) is 26.5 Å². The molecule has 0 amide bonds. The highest BCUT2D eigenvalue weighted by atomic mass is 32.3. The number of thioether (sulfide) groups is 3. The van der Waals surface area contributed by atoms with Gasteiger partial charge in [0.1, 0.15) is 6.10 Å². The van der Waals surface area contributed by atoms with Gasteiger partial charge in [-0.2, -0.15) is 0 Å². The number of hydroxylamine groups is 2.